The van der Waals surface area contributed by atoms with Crippen molar-refractivity contribution in [3.63, 3.8) is 0 Å². The minimum Gasteiger partial charge on any atom is -0.330 e. The van der Waals surface area contributed by atoms with Crippen LogP contribution in [0.25, 0.3) is 0 Å². The third-order valence-corrected chi connectivity index (χ3v) is 2.69. The monoisotopic (exact) mass is 165 g/mol. The molecule has 0 radical (unpaired) electrons. The molecule has 2 nitrogen and oxygen atoms in total. The summed E-state index contributed by atoms with van der Waals surface area (Å²) < 4.78 is 0. The van der Waals surface area contributed by atoms with Crippen LogP contribution >= 0.6 is 0 Å². The smallest absolute Gasteiger partial charge is 0.208 e. The summed E-state index contributed by atoms with van der Waals surface area (Å²) in [5.41, 5.74) is 5.57. The van der Waals surface area contributed by atoms with Gasteiger partial charge in [-0.1, -0.05) is 12.8 Å². The molecule has 2 N–H and O–H groups in total. The van der Waals surface area contributed by atoms with Crippen LogP contribution in [0.5, 0.6) is 0 Å². The molecule has 0 aromatic carbocycles. The van der Waals surface area contributed by atoms with Crippen LogP contribution in [0, 0.1) is 24.2 Å². The Hall–Kier alpha value is -0.810. The second-order valence-corrected chi connectivity index (χ2v) is 3.40. The molecule has 0 aromatic heterocycles. The van der Waals surface area contributed by atoms with Crippen molar-refractivity contribution in [1.29, 1.82) is 0 Å². The average Bonchev–Trinajstić information content (AvgIpc) is 2.16. The first-order valence-electron chi connectivity index (χ1n) is 4.50. The summed E-state index contributed by atoms with van der Waals surface area (Å²) in [6.45, 7) is 0.595. The molecule has 2 heteroatoms. The first kappa shape index (κ1) is 9.28. The van der Waals surface area contributed by atoms with Crippen molar-refractivity contribution in [2.75, 3.05) is 6.54 Å². The predicted molar refractivity (Wildman–Crippen MR) is 48.3 cm³/mol. The summed E-state index contributed by atoms with van der Waals surface area (Å²) >= 11 is 0. The maximum absolute atomic E-state index is 11.2. The number of carbonyl (C=O) groups is 1. The molecule has 12 heavy (non-hydrogen) atoms. The minimum atomic E-state index is -0.0508. The Balaban J connectivity index is 2.60. The number of rotatable bonds is 2. The zero-order valence-electron chi connectivity index (χ0n) is 7.25. The number of carbonyl (C=O) groups excluding carboxylic acids is 1. The van der Waals surface area contributed by atoms with Crippen LogP contribution in [0.2, 0.25) is 0 Å². The molecule has 0 bridgehead atoms. The SMILES string of the molecule is C#CC(=O)C1CCCCC1CN. The number of ketones is 1. The van der Waals surface area contributed by atoms with Crippen molar-refractivity contribution in [3.05, 3.63) is 0 Å². The Bertz CT molecular complexity index is 204. The van der Waals surface area contributed by atoms with E-state index in [-0.39, 0.29) is 11.7 Å². The normalized spacial score (nSPS) is 29.3. The van der Waals surface area contributed by atoms with E-state index >= 15 is 0 Å². The van der Waals surface area contributed by atoms with E-state index < -0.39 is 0 Å². The fraction of sp³-hybridized carbons (Fsp3) is 0.700. The molecule has 0 amide bonds. The van der Waals surface area contributed by atoms with Gasteiger partial charge in [-0.05, 0) is 31.2 Å². The third kappa shape index (κ3) is 1.86. The summed E-state index contributed by atoms with van der Waals surface area (Å²) in [5.74, 6) is 2.54. The molecule has 0 aliphatic heterocycles. The van der Waals surface area contributed by atoms with Gasteiger partial charge in [0.1, 0.15) is 0 Å². The van der Waals surface area contributed by atoms with Gasteiger partial charge < -0.3 is 5.73 Å². The van der Waals surface area contributed by atoms with Crippen LogP contribution in [0.3, 0.4) is 0 Å². The molecule has 1 fully saturated rings. The lowest BCUT2D eigenvalue weighted by molar-refractivity contribution is -0.119. The highest BCUT2D eigenvalue weighted by molar-refractivity contribution is 5.96. The van der Waals surface area contributed by atoms with E-state index in [0.29, 0.717) is 12.5 Å². The van der Waals surface area contributed by atoms with E-state index in [1.165, 1.54) is 6.42 Å². The van der Waals surface area contributed by atoms with Gasteiger partial charge in [0, 0.05) is 5.92 Å². The van der Waals surface area contributed by atoms with Crippen molar-refractivity contribution in [1.82, 2.24) is 0 Å². The molecule has 2 atom stereocenters. The van der Waals surface area contributed by atoms with Gasteiger partial charge in [0.25, 0.3) is 0 Å². The zero-order valence-corrected chi connectivity index (χ0v) is 7.25. The van der Waals surface area contributed by atoms with Gasteiger partial charge in [-0.25, -0.2) is 0 Å². The Morgan fingerprint density at radius 2 is 2.17 bits per heavy atom. The molecule has 0 saturated heterocycles. The largest absolute Gasteiger partial charge is 0.330 e. The van der Waals surface area contributed by atoms with E-state index in [0.717, 1.165) is 19.3 Å². The van der Waals surface area contributed by atoms with Crippen LogP contribution in [0.1, 0.15) is 25.7 Å². The van der Waals surface area contributed by atoms with Crippen molar-refractivity contribution in [2.24, 2.45) is 17.6 Å². The molecular weight excluding hydrogens is 150 g/mol. The van der Waals surface area contributed by atoms with Gasteiger partial charge >= 0.3 is 0 Å². The quantitative estimate of drug-likeness (QED) is 0.489. The van der Waals surface area contributed by atoms with E-state index in [1.807, 2.05) is 0 Å². The Morgan fingerprint density at radius 1 is 1.50 bits per heavy atom. The summed E-state index contributed by atoms with van der Waals surface area (Å²) in [6, 6.07) is 0. The highest BCUT2D eigenvalue weighted by Gasteiger charge is 2.28. The molecule has 1 saturated carbocycles. The summed E-state index contributed by atoms with van der Waals surface area (Å²) in [6.07, 6.45) is 9.39. The van der Waals surface area contributed by atoms with Gasteiger partial charge in [0.15, 0.2) is 0 Å². The molecular formula is C10H15NO. The van der Waals surface area contributed by atoms with Crippen molar-refractivity contribution in [3.8, 4) is 12.3 Å². The van der Waals surface area contributed by atoms with Gasteiger partial charge in [-0.2, -0.15) is 0 Å². The minimum absolute atomic E-state index is 0.0498. The van der Waals surface area contributed by atoms with E-state index in [9.17, 15) is 4.79 Å². The number of hydrogen-bond donors (Lipinski definition) is 1. The summed E-state index contributed by atoms with van der Waals surface area (Å²) in [5, 5.41) is 0. The molecule has 0 spiro atoms. The van der Waals surface area contributed by atoms with Gasteiger partial charge in [-0.15, -0.1) is 6.42 Å². The molecule has 1 rings (SSSR count). The second-order valence-electron chi connectivity index (χ2n) is 3.40. The van der Waals surface area contributed by atoms with Crippen LogP contribution in [-0.2, 0) is 4.79 Å². The summed E-state index contributed by atoms with van der Waals surface area (Å²) in [4.78, 5) is 11.2. The number of Topliss-reactive ketones (excluding diaryl/α,β-unsaturated/α-hetero) is 1. The first-order chi connectivity index (χ1) is 5.79. The average molecular weight is 165 g/mol. The van der Waals surface area contributed by atoms with Crippen LogP contribution < -0.4 is 5.73 Å². The Morgan fingerprint density at radius 3 is 2.75 bits per heavy atom. The number of terminal acetylenes is 1. The van der Waals surface area contributed by atoms with Gasteiger partial charge in [-0.3, -0.25) is 4.79 Å². The van der Waals surface area contributed by atoms with Crippen molar-refractivity contribution in [2.45, 2.75) is 25.7 Å². The molecule has 0 aromatic rings. The van der Waals surface area contributed by atoms with Gasteiger partial charge in [0.05, 0.1) is 0 Å². The van der Waals surface area contributed by atoms with Crippen molar-refractivity contribution >= 4 is 5.78 Å². The molecule has 1 aliphatic carbocycles. The second kappa shape index (κ2) is 4.27. The number of nitrogens with two attached hydrogens (primary N) is 1. The first-order valence-corrected chi connectivity index (χ1v) is 4.50. The fourth-order valence-corrected chi connectivity index (χ4v) is 1.94. The maximum atomic E-state index is 11.2. The maximum Gasteiger partial charge on any atom is 0.208 e. The standard InChI is InChI=1S/C10H15NO/c1-2-10(12)9-6-4-3-5-8(9)7-11/h1,8-9H,3-7,11H2. The summed E-state index contributed by atoms with van der Waals surface area (Å²) in [7, 11) is 0. The van der Waals surface area contributed by atoms with Gasteiger partial charge in [0.2, 0.25) is 5.78 Å². The van der Waals surface area contributed by atoms with E-state index in [1.54, 1.807) is 0 Å². The zero-order chi connectivity index (χ0) is 8.97. The third-order valence-electron chi connectivity index (χ3n) is 2.69. The van der Waals surface area contributed by atoms with E-state index in [2.05, 4.69) is 5.92 Å². The van der Waals surface area contributed by atoms with E-state index in [4.69, 9.17) is 12.2 Å². The number of hydrogen-bond acceptors (Lipinski definition) is 2. The molecule has 2 unspecified atom stereocenters. The lowest BCUT2D eigenvalue weighted by Gasteiger charge is -2.27. The lowest BCUT2D eigenvalue weighted by Crippen LogP contribution is -2.31. The fourth-order valence-electron chi connectivity index (χ4n) is 1.94. The molecule has 1 aliphatic rings. The Labute approximate surface area is 73.5 Å². The Kier molecular flexibility index (Phi) is 3.31. The highest BCUT2D eigenvalue weighted by atomic mass is 16.1. The van der Waals surface area contributed by atoms with Crippen molar-refractivity contribution < 1.29 is 4.79 Å². The van der Waals surface area contributed by atoms with Crippen LogP contribution in [0.4, 0.5) is 0 Å². The lowest BCUT2D eigenvalue weighted by atomic mass is 9.77. The van der Waals surface area contributed by atoms with Crippen LogP contribution in [0.15, 0.2) is 0 Å². The predicted octanol–water partition coefficient (Wildman–Crippen LogP) is 0.954. The topological polar surface area (TPSA) is 43.1 Å². The molecule has 0 heterocycles. The van der Waals surface area contributed by atoms with Crippen LogP contribution in [-0.4, -0.2) is 12.3 Å². The highest BCUT2D eigenvalue weighted by Crippen LogP contribution is 2.29. The molecule has 66 valence electrons.